The van der Waals surface area contributed by atoms with E-state index in [1.165, 1.54) is 39.0 Å². The minimum Gasteiger partial charge on any atom is -0.353 e. The zero-order valence-corrected chi connectivity index (χ0v) is 16.2. The molecule has 0 radical (unpaired) electrons. The molecule has 134 valence electrons. The summed E-state index contributed by atoms with van der Waals surface area (Å²) < 4.78 is 2.20. The Morgan fingerprint density at radius 1 is 1.23 bits per heavy atom. The monoisotopic (exact) mass is 365 g/mol. The summed E-state index contributed by atoms with van der Waals surface area (Å²) in [4.78, 5) is 14.4. The van der Waals surface area contributed by atoms with Crippen molar-refractivity contribution in [2.45, 2.75) is 39.3 Å². The van der Waals surface area contributed by atoms with Crippen LogP contribution < -0.4 is 10.6 Å². The van der Waals surface area contributed by atoms with Crippen LogP contribution in [0.5, 0.6) is 0 Å². The van der Waals surface area contributed by atoms with Gasteiger partial charge in [-0.15, -0.1) is 11.3 Å². The van der Waals surface area contributed by atoms with Crippen LogP contribution in [0, 0.1) is 12.8 Å². The van der Waals surface area contributed by atoms with E-state index in [2.05, 4.69) is 60.4 Å². The zero-order chi connectivity index (χ0) is 18.0. The molecule has 0 saturated heterocycles. The van der Waals surface area contributed by atoms with Gasteiger partial charge in [-0.1, -0.05) is 25.1 Å². The van der Waals surface area contributed by atoms with Crippen molar-refractivity contribution in [3.8, 4) is 0 Å². The Hall–Kier alpha value is -2.27. The number of benzene rings is 1. The molecule has 2 N–H and O–H groups in total. The summed E-state index contributed by atoms with van der Waals surface area (Å²) >= 11 is 1.78. The summed E-state index contributed by atoms with van der Waals surface area (Å²) in [6.45, 7) is 4.43. The summed E-state index contributed by atoms with van der Waals surface area (Å²) in [5.74, 6) is 0.782. The number of nitrogens with zero attached hydrogens (tertiary/aromatic N) is 1. The molecule has 0 bridgehead atoms. The average molecular weight is 366 g/mol. The second-order valence-corrected chi connectivity index (χ2v) is 8.79. The first-order valence-corrected chi connectivity index (χ1v) is 10.1. The van der Waals surface area contributed by atoms with Gasteiger partial charge < -0.3 is 15.2 Å². The summed E-state index contributed by atoms with van der Waals surface area (Å²) in [5, 5.41) is 9.11. The molecule has 2 aromatic heterocycles. The molecule has 3 aromatic rings. The van der Waals surface area contributed by atoms with Gasteiger partial charge in [-0.2, -0.15) is 0 Å². The molecule has 5 heteroatoms. The van der Waals surface area contributed by atoms with Crippen LogP contribution in [0.2, 0.25) is 0 Å². The number of thiophene rings is 1. The smallest absolute Gasteiger partial charge is 0.256 e. The molecule has 26 heavy (non-hydrogen) atoms. The molecule has 5 rings (SSSR count). The van der Waals surface area contributed by atoms with Crippen molar-refractivity contribution in [3.05, 3.63) is 51.5 Å². The van der Waals surface area contributed by atoms with E-state index in [0.29, 0.717) is 5.92 Å². The minimum absolute atomic E-state index is 0.0723. The van der Waals surface area contributed by atoms with Crippen molar-refractivity contribution in [1.82, 2.24) is 9.88 Å². The lowest BCUT2D eigenvalue weighted by atomic mass is 9.88. The van der Waals surface area contributed by atoms with Crippen LogP contribution in [-0.2, 0) is 19.9 Å². The second-order valence-electron chi connectivity index (χ2n) is 7.68. The molecule has 3 heterocycles. The highest BCUT2D eigenvalue weighted by atomic mass is 32.1. The Labute approximate surface area is 157 Å². The van der Waals surface area contributed by atoms with Gasteiger partial charge in [-0.05, 0) is 43.7 Å². The predicted octanol–water partition coefficient (Wildman–Crippen LogP) is 4.53. The Morgan fingerprint density at radius 2 is 2.04 bits per heavy atom. The van der Waals surface area contributed by atoms with Crippen molar-refractivity contribution in [3.63, 3.8) is 0 Å². The van der Waals surface area contributed by atoms with E-state index in [0.717, 1.165) is 23.4 Å². The number of carbonyl (C=O) groups excluding carboxylic acids is 1. The van der Waals surface area contributed by atoms with Crippen LogP contribution in [0.4, 0.5) is 5.00 Å². The molecule has 2 aliphatic rings. The number of fused-ring (bicyclic) bond motifs is 4. The minimum atomic E-state index is -0.182. The summed E-state index contributed by atoms with van der Waals surface area (Å²) in [7, 11) is 2.09. The van der Waals surface area contributed by atoms with Crippen LogP contribution in [0.15, 0.2) is 24.3 Å². The Bertz CT molecular complexity index is 1050. The van der Waals surface area contributed by atoms with E-state index in [-0.39, 0.29) is 12.1 Å². The molecule has 0 fully saturated rings. The van der Waals surface area contributed by atoms with Gasteiger partial charge in [0.1, 0.15) is 11.2 Å². The lowest BCUT2D eigenvalue weighted by molar-refractivity contribution is 0.0935. The molecule has 4 nitrogen and oxygen atoms in total. The SMILES string of the molecule is Cc1c([C@@H]2NC(=O)c3c(sc4c3CC[C@@H](C)C4)N2)c2ccccc2n1C. The third-order valence-corrected chi connectivity index (χ3v) is 7.21. The van der Waals surface area contributed by atoms with Gasteiger partial charge in [-0.3, -0.25) is 4.79 Å². The number of para-hydroxylation sites is 1. The molecular weight excluding hydrogens is 342 g/mol. The zero-order valence-electron chi connectivity index (χ0n) is 15.3. The van der Waals surface area contributed by atoms with Gasteiger partial charge in [0.15, 0.2) is 0 Å². The first-order valence-electron chi connectivity index (χ1n) is 9.30. The molecular formula is C21H23N3OS. The maximum Gasteiger partial charge on any atom is 0.256 e. The largest absolute Gasteiger partial charge is 0.353 e. The topological polar surface area (TPSA) is 46.1 Å². The van der Waals surface area contributed by atoms with Gasteiger partial charge in [-0.25, -0.2) is 0 Å². The standard InChI is InChI=1S/C21H23N3OS/c1-11-8-9-14-16(10-11)26-21-18(14)20(25)22-19(23-21)17-12(2)24(3)15-7-5-4-6-13(15)17/h4-7,11,19,23H,8-10H2,1-3H3,(H,22,25)/t11-,19-/m1/s1. The van der Waals surface area contributed by atoms with E-state index in [1.807, 2.05) is 0 Å². The molecule has 1 aromatic carbocycles. The van der Waals surface area contributed by atoms with E-state index in [4.69, 9.17) is 0 Å². The number of aromatic nitrogens is 1. The summed E-state index contributed by atoms with van der Waals surface area (Å²) in [6, 6.07) is 8.40. The van der Waals surface area contributed by atoms with Crippen molar-refractivity contribution in [2.24, 2.45) is 13.0 Å². The van der Waals surface area contributed by atoms with Gasteiger partial charge in [0.05, 0.1) is 5.56 Å². The van der Waals surface area contributed by atoms with Gasteiger partial charge >= 0.3 is 0 Å². The highest BCUT2D eigenvalue weighted by molar-refractivity contribution is 7.16. The van der Waals surface area contributed by atoms with Crippen LogP contribution >= 0.6 is 11.3 Å². The number of nitrogens with one attached hydrogen (secondary N) is 2. The number of hydrogen-bond acceptors (Lipinski definition) is 3. The Morgan fingerprint density at radius 3 is 2.88 bits per heavy atom. The van der Waals surface area contributed by atoms with Crippen molar-refractivity contribution >= 4 is 33.1 Å². The number of carbonyl (C=O) groups is 1. The molecule has 1 aliphatic heterocycles. The third kappa shape index (κ3) is 2.16. The molecule has 0 saturated carbocycles. The molecule has 2 atom stereocenters. The lowest BCUT2D eigenvalue weighted by Gasteiger charge is -2.27. The summed E-state index contributed by atoms with van der Waals surface area (Å²) in [6.07, 6.45) is 3.11. The van der Waals surface area contributed by atoms with Crippen LogP contribution in [-0.4, -0.2) is 10.5 Å². The van der Waals surface area contributed by atoms with Crippen molar-refractivity contribution in [1.29, 1.82) is 0 Å². The van der Waals surface area contributed by atoms with Gasteiger partial charge in [0.25, 0.3) is 5.91 Å². The maximum atomic E-state index is 13.0. The molecule has 0 spiro atoms. The second kappa shape index (κ2) is 5.61. The number of amides is 1. The number of rotatable bonds is 1. The molecule has 1 amide bonds. The maximum absolute atomic E-state index is 13.0. The van der Waals surface area contributed by atoms with Gasteiger partial charge in [0.2, 0.25) is 0 Å². The number of aryl methyl sites for hydroxylation is 1. The average Bonchev–Trinajstić information content (AvgIpc) is 3.10. The normalized spacial score (nSPS) is 21.9. The van der Waals surface area contributed by atoms with Crippen molar-refractivity contribution < 1.29 is 4.79 Å². The van der Waals surface area contributed by atoms with Crippen molar-refractivity contribution in [2.75, 3.05) is 5.32 Å². The van der Waals surface area contributed by atoms with E-state index in [9.17, 15) is 4.79 Å². The lowest BCUT2D eigenvalue weighted by Crippen LogP contribution is -2.38. The van der Waals surface area contributed by atoms with E-state index < -0.39 is 0 Å². The fourth-order valence-electron chi connectivity index (χ4n) is 4.52. The fraction of sp³-hybridized carbons (Fsp3) is 0.381. The number of hydrogen-bond donors (Lipinski definition) is 2. The fourth-order valence-corrected chi connectivity index (χ4v) is 5.96. The van der Waals surface area contributed by atoms with E-state index in [1.54, 1.807) is 11.3 Å². The summed E-state index contributed by atoms with van der Waals surface area (Å²) in [5.41, 5.74) is 5.72. The molecule has 1 aliphatic carbocycles. The molecule has 0 unspecified atom stereocenters. The number of anilines is 1. The van der Waals surface area contributed by atoms with Crippen LogP contribution in [0.3, 0.4) is 0 Å². The van der Waals surface area contributed by atoms with Gasteiger partial charge in [0, 0.05) is 34.1 Å². The first kappa shape index (κ1) is 15.9. The van der Waals surface area contributed by atoms with Crippen LogP contribution in [0.1, 0.15) is 51.6 Å². The Kier molecular flexibility index (Phi) is 3.44. The van der Waals surface area contributed by atoms with E-state index >= 15 is 0 Å². The Balaban J connectivity index is 1.61. The third-order valence-electron chi connectivity index (χ3n) is 6.03. The highest BCUT2D eigenvalue weighted by Gasteiger charge is 2.34. The van der Waals surface area contributed by atoms with Crippen LogP contribution in [0.25, 0.3) is 10.9 Å². The first-order chi connectivity index (χ1) is 12.5. The predicted molar refractivity (Wildman–Crippen MR) is 107 cm³/mol. The quantitative estimate of drug-likeness (QED) is 0.666. The highest BCUT2D eigenvalue weighted by Crippen LogP contribution is 2.43.